The third-order valence-corrected chi connectivity index (χ3v) is 3.21. The lowest BCUT2D eigenvalue weighted by molar-refractivity contribution is 0.711. The van der Waals surface area contributed by atoms with Gasteiger partial charge in [-0.1, -0.05) is 6.92 Å². The van der Waals surface area contributed by atoms with Gasteiger partial charge in [-0.05, 0) is 25.3 Å². The largest absolute Gasteiger partial charge is 0.358 e. The fourth-order valence-corrected chi connectivity index (χ4v) is 1.94. The minimum atomic E-state index is 0.772. The van der Waals surface area contributed by atoms with Gasteiger partial charge in [-0.15, -0.1) is 0 Å². The third-order valence-electron chi connectivity index (χ3n) is 3.21. The van der Waals surface area contributed by atoms with Crippen LogP contribution in [-0.2, 0) is 6.54 Å². The fraction of sp³-hybridized carbons (Fsp3) is 0.667. The summed E-state index contributed by atoms with van der Waals surface area (Å²) in [5, 5.41) is 3.09. The summed E-state index contributed by atoms with van der Waals surface area (Å²) in [5.41, 5.74) is 0.996. The summed E-state index contributed by atoms with van der Waals surface area (Å²) < 4.78 is 0. The maximum absolute atomic E-state index is 4.57. The summed E-state index contributed by atoms with van der Waals surface area (Å²) in [5.74, 6) is 2.71. The number of anilines is 1. The maximum atomic E-state index is 4.57. The molecule has 0 amide bonds. The Labute approximate surface area is 97.1 Å². The minimum Gasteiger partial charge on any atom is -0.358 e. The minimum absolute atomic E-state index is 0.772. The highest BCUT2D eigenvalue weighted by Gasteiger charge is 2.33. The van der Waals surface area contributed by atoms with Gasteiger partial charge in [0.2, 0.25) is 0 Å². The predicted octanol–water partition coefficient (Wildman–Crippen LogP) is 1.29. The van der Waals surface area contributed by atoms with Gasteiger partial charge in [0.1, 0.15) is 5.82 Å². The zero-order valence-electron chi connectivity index (χ0n) is 10.3. The second-order valence-corrected chi connectivity index (χ2v) is 4.75. The maximum Gasteiger partial charge on any atom is 0.147 e. The van der Waals surface area contributed by atoms with E-state index in [0.717, 1.165) is 36.4 Å². The molecule has 1 fully saturated rings. The van der Waals surface area contributed by atoms with Crippen LogP contribution >= 0.6 is 0 Å². The Morgan fingerprint density at radius 2 is 2.25 bits per heavy atom. The number of aromatic nitrogens is 2. The second kappa shape index (κ2) is 4.78. The van der Waals surface area contributed by atoms with Gasteiger partial charge in [0, 0.05) is 26.3 Å². The molecule has 0 spiro atoms. The third kappa shape index (κ3) is 2.70. The van der Waals surface area contributed by atoms with E-state index in [-0.39, 0.29) is 0 Å². The molecular weight excluding hydrogens is 200 g/mol. The van der Waals surface area contributed by atoms with Crippen LogP contribution in [0.25, 0.3) is 0 Å². The zero-order chi connectivity index (χ0) is 11.5. The lowest BCUT2D eigenvalue weighted by atomic mass is 10.3. The molecular formula is C12H20N4. The van der Waals surface area contributed by atoms with Crippen LogP contribution in [-0.4, -0.2) is 30.6 Å². The molecule has 1 aliphatic carbocycles. The van der Waals surface area contributed by atoms with Crippen LogP contribution in [0.2, 0.25) is 0 Å². The Morgan fingerprint density at radius 1 is 1.50 bits per heavy atom. The molecule has 0 bridgehead atoms. The van der Waals surface area contributed by atoms with Crippen LogP contribution in [0.4, 0.5) is 5.82 Å². The van der Waals surface area contributed by atoms with Gasteiger partial charge in [0.25, 0.3) is 0 Å². The Kier molecular flexibility index (Phi) is 3.39. The van der Waals surface area contributed by atoms with Crippen LogP contribution in [0.3, 0.4) is 0 Å². The first kappa shape index (κ1) is 11.3. The van der Waals surface area contributed by atoms with Gasteiger partial charge in [-0.2, -0.15) is 0 Å². The first-order valence-electron chi connectivity index (χ1n) is 5.87. The SMILES string of the molecule is CNCc1cncc(N(C)CC2CC2C)n1. The Morgan fingerprint density at radius 3 is 2.88 bits per heavy atom. The molecule has 88 valence electrons. The molecule has 4 nitrogen and oxygen atoms in total. The molecule has 16 heavy (non-hydrogen) atoms. The van der Waals surface area contributed by atoms with E-state index in [2.05, 4.69) is 34.2 Å². The van der Waals surface area contributed by atoms with Crippen molar-refractivity contribution >= 4 is 5.82 Å². The van der Waals surface area contributed by atoms with E-state index in [0.29, 0.717) is 0 Å². The van der Waals surface area contributed by atoms with Crippen LogP contribution in [0.15, 0.2) is 12.4 Å². The number of nitrogens with zero attached hydrogens (tertiary/aromatic N) is 3. The van der Waals surface area contributed by atoms with Crippen LogP contribution < -0.4 is 10.2 Å². The molecule has 1 aliphatic rings. The van der Waals surface area contributed by atoms with E-state index in [9.17, 15) is 0 Å². The van der Waals surface area contributed by atoms with E-state index < -0.39 is 0 Å². The zero-order valence-corrected chi connectivity index (χ0v) is 10.3. The van der Waals surface area contributed by atoms with Gasteiger partial charge in [0.15, 0.2) is 0 Å². The highest BCUT2D eigenvalue weighted by Crippen LogP contribution is 2.38. The van der Waals surface area contributed by atoms with Crippen molar-refractivity contribution in [1.82, 2.24) is 15.3 Å². The average Bonchev–Trinajstić information content (AvgIpc) is 2.95. The van der Waals surface area contributed by atoms with Gasteiger partial charge < -0.3 is 10.2 Å². The number of hydrogen-bond donors (Lipinski definition) is 1. The lowest BCUT2D eigenvalue weighted by Crippen LogP contribution is -2.22. The van der Waals surface area contributed by atoms with E-state index in [1.165, 1.54) is 6.42 Å². The summed E-state index contributed by atoms with van der Waals surface area (Å²) in [7, 11) is 4.02. The van der Waals surface area contributed by atoms with Crippen molar-refractivity contribution < 1.29 is 0 Å². The van der Waals surface area contributed by atoms with Crippen molar-refractivity contribution in [1.29, 1.82) is 0 Å². The molecule has 0 aliphatic heterocycles. The molecule has 0 aromatic carbocycles. The summed E-state index contributed by atoms with van der Waals surface area (Å²) in [4.78, 5) is 11.0. The summed E-state index contributed by atoms with van der Waals surface area (Å²) in [6, 6.07) is 0. The van der Waals surface area contributed by atoms with Crippen molar-refractivity contribution in [2.45, 2.75) is 19.9 Å². The molecule has 2 unspecified atom stereocenters. The smallest absolute Gasteiger partial charge is 0.147 e. The summed E-state index contributed by atoms with van der Waals surface area (Å²) in [6.07, 6.45) is 5.01. The summed E-state index contributed by atoms with van der Waals surface area (Å²) >= 11 is 0. The topological polar surface area (TPSA) is 41.1 Å². The lowest BCUT2D eigenvalue weighted by Gasteiger charge is -2.18. The standard InChI is InChI=1S/C12H20N4/c1-9-4-10(9)8-16(3)12-7-14-6-11(15-12)5-13-2/h6-7,9-10,13H,4-5,8H2,1-3H3. The number of rotatable bonds is 5. The van der Waals surface area contributed by atoms with Crippen molar-refractivity contribution in [2.24, 2.45) is 11.8 Å². The van der Waals surface area contributed by atoms with Gasteiger partial charge in [-0.3, -0.25) is 4.98 Å². The molecule has 2 atom stereocenters. The fourth-order valence-electron chi connectivity index (χ4n) is 1.94. The van der Waals surface area contributed by atoms with Crippen LogP contribution in [0.1, 0.15) is 19.0 Å². The molecule has 1 N–H and O–H groups in total. The normalized spacial score (nSPS) is 23.2. The van der Waals surface area contributed by atoms with Crippen molar-refractivity contribution in [3.05, 3.63) is 18.1 Å². The van der Waals surface area contributed by atoms with Crippen molar-refractivity contribution in [2.75, 3.05) is 25.5 Å². The van der Waals surface area contributed by atoms with Crippen molar-refractivity contribution in [3.63, 3.8) is 0 Å². The summed E-state index contributed by atoms with van der Waals surface area (Å²) in [6.45, 7) is 4.18. The number of hydrogen-bond acceptors (Lipinski definition) is 4. The second-order valence-electron chi connectivity index (χ2n) is 4.75. The first-order valence-corrected chi connectivity index (χ1v) is 5.87. The van der Waals surface area contributed by atoms with E-state index >= 15 is 0 Å². The van der Waals surface area contributed by atoms with Gasteiger partial charge in [-0.25, -0.2) is 4.98 Å². The molecule has 2 rings (SSSR count). The van der Waals surface area contributed by atoms with Crippen molar-refractivity contribution in [3.8, 4) is 0 Å². The van der Waals surface area contributed by atoms with Gasteiger partial charge in [0.05, 0.1) is 11.9 Å². The Hall–Kier alpha value is -1.16. The Bertz CT molecular complexity index is 353. The van der Waals surface area contributed by atoms with E-state index in [4.69, 9.17) is 0 Å². The molecule has 1 aromatic rings. The molecule has 1 saturated carbocycles. The Balaban J connectivity index is 1.98. The molecule has 0 saturated heterocycles. The van der Waals surface area contributed by atoms with Gasteiger partial charge >= 0.3 is 0 Å². The van der Waals surface area contributed by atoms with Crippen LogP contribution in [0, 0.1) is 11.8 Å². The molecule has 0 radical (unpaired) electrons. The van der Waals surface area contributed by atoms with E-state index in [1.807, 2.05) is 19.4 Å². The van der Waals surface area contributed by atoms with E-state index in [1.54, 1.807) is 0 Å². The predicted molar refractivity (Wildman–Crippen MR) is 65.3 cm³/mol. The molecule has 1 aromatic heterocycles. The molecule has 1 heterocycles. The quantitative estimate of drug-likeness (QED) is 0.812. The monoisotopic (exact) mass is 220 g/mol. The highest BCUT2D eigenvalue weighted by atomic mass is 15.2. The molecule has 4 heteroatoms. The number of nitrogens with one attached hydrogen (secondary N) is 1. The highest BCUT2D eigenvalue weighted by molar-refractivity contribution is 5.35. The van der Waals surface area contributed by atoms with Crippen LogP contribution in [0.5, 0.6) is 0 Å². The first-order chi connectivity index (χ1) is 7.70. The average molecular weight is 220 g/mol.